The molecule has 5 heteroatoms. The third-order valence-electron chi connectivity index (χ3n) is 3.08. The zero-order valence-electron chi connectivity index (χ0n) is 12.3. The van der Waals surface area contributed by atoms with Gasteiger partial charge in [0.05, 0.1) is 7.11 Å². The Balaban J connectivity index is 1.80. The van der Waals surface area contributed by atoms with Gasteiger partial charge in [0.25, 0.3) is 5.91 Å². The highest BCUT2D eigenvalue weighted by atomic mass is 32.1. The van der Waals surface area contributed by atoms with Crippen LogP contribution in [-0.2, 0) is 11.2 Å². The highest BCUT2D eigenvalue weighted by Crippen LogP contribution is 2.16. The van der Waals surface area contributed by atoms with Crippen molar-refractivity contribution in [3.63, 3.8) is 0 Å². The molecule has 0 aliphatic rings. The molecule has 114 valence electrons. The summed E-state index contributed by atoms with van der Waals surface area (Å²) in [6.07, 6.45) is 0.813. The number of benzene rings is 2. The summed E-state index contributed by atoms with van der Waals surface area (Å²) >= 11 is 5.10. The van der Waals surface area contributed by atoms with Crippen LogP contribution in [0.1, 0.15) is 5.56 Å². The molecular formula is C17H18N2O2S. The maximum Gasteiger partial charge on any atom is 0.283 e. The average molecular weight is 314 g/mol. The van der Waals surface area contributed by atoms with Crippen molar-refractivity contribution in [2.45, 2.75) is 6.42 Å². The fraction of sp³-hybridized carbons (Fsp3) is 0.176. The van der Waals surface area contributed by atoms with Gasteiger partial charge < -0.3 is 15.4 Å². The molecule has 0 fully saturated rings. The van der Waals surface area contributed by atoms with E-state index in [2.05, 4.69) is 10.6 Å². The smallest absolute Gasteiger partial charge is 0.283 e. The quantitative estimate of drug-likeness (QED) is 0.833. The van der Waals surface area contributed by atoms with Gasteiger partial charge in [0, 0.05) is 18.3 Å². The van der Waals surface area contributed by atoms with Crippen molar-refractivity contribution in [3.05, 3.63) is 60.2 Å². The normalized spacial score (nSPS) is 9.86. The van der Waals surface area contributed by atoms with Crippen molar-refractivity contribution in [1.29, 1.82) is 0 Å². The average Bonchev–Trinajstić information content (AvgIpc) is 2.56. The lowest BCUT2D eigenvalue weighted by Crippen LogP contribution is -2.34. The molecular weight excluding hydrogens is 296 g/mol. The molecule has 22 heavy (non-hydrogen) atoms. The van der Waals surface area contributed by atoms with Crippen molar-refractivity contribution in [1.82, 2.24) is 5.32 Å². The van der Waals surface area contributed by atoms with Crippen LogP contribution >= 0.6 is 12.2 Å². The van der Waals surface area contributed by atoms with Gasteiger partial charge in [0.15, 0.2) is 4.99 Å². The maximum absolute atomic E-state index is 12.0. The number of hydrogen-bond acceptors (Lipinski definition) is 3. The highest BCUT2D eigenvalue weighted by Gasteiger charge is 2.09. The minimum atomic E-state index is -0.323. The second kappa shape index (κ2) is 8.14. The van der Waals surface area contributed by atoms with Gasteiger partial charge in [-0.15, -0.1) is 0 Å². The molecule has 0 bridgehead atoms. The molecule has 0 aliphatic carbocycles. The first-order valence-electron chi connectivity index (χ1n) is 6.96. The second-order valence-corrected chi connectivity index (χ2v) is 5.09. The fourth-order valence-corrected chi connectivity index (χ4v) is 2.09. The molecule has 0 unspecified atom stereocenters. The van der Waals surface area contributed by atoms with E-state index in [0.29, 0.717) is 18.0 Å². The zero-order valence-corrected chi connectivity index (χ0v) is 13.2. The lowest BCUT2D eigenvalue weighted by molar-refractivity contribution is -0.110. The first kappa shape index (κ1) is 16.0. The first-order chi connectivity index (χ1) is 10.7. The van der Waals surface area contributed by atoms with Crippen LogP contribution in [-0.4, -0.2) is 24.6 Å². The Morgan fingerprint density at radius 3 is 2.64 bits per heavy atom. The standard InChI is InChI=1S/C17H18N2O2S/c1-21-15-9-5-8-14(12-15)19-16(20)17(22)18-11-10-13-6-3-2-4-7-13/h2-9,12H,10-11H2,1H3,(H,18,22)(H,19,20). The topological polar surface area (TPSA) is 50.4 Å². The molecule has 0 radical (unpaired) electrons. The number of amides is 1. The maximum atomic E-state index is 12.0. The molecule has 2 rings (SSSR count). The fourth-order valence-electron chi connectivity index (χ4n) is 1.93. The third-order valence-corrected chi connectivity index (χ3v) is 3.41. The van der Waals surface area contributed by atoms with E-state index in [9.17, 15) is 4.79 Å². The van der Waals surface area contributed by atoms with Crippen molar-refractivity contribution in [3.8, 4) is 5.75 Å². The molecule has 0 saturated heterocycles. The van der Waals surface area contributed by atoms with Gasteiger partial charge >= 0.3 is 0 Å². The van der Waals surface area contributed by atoms with E-state index in [0.717, 1.165) is 6.42 Å². The Kier molecular flexibility index (Phi) is 5.91. The lowest BCUT2D eigenvalue weighted by Gasteiger charge is -2.09. The molecule has 0 spiro atoms. The number of rotatable bonds is 5. The monoisotopic (exact) mass is 314 g/mol. The minimum Gasteiger partial charge on any atom is -0.497 e. The number of ether oxygens (including phenoxy) is 1. The summed E-state index contributed by atoms with van der Waals surface area (Å²) in [4.78, 5) is 12.2. The Hall–Kier alpha value is -2.40. The lowest BCUT2D eigenvalue weighted by atomic mass is 10.1. The van der Waals surface area contributed by atoms with Gasteiger partial charge in [-0.3, -0.25) is 4.79 Å². The van der Waals surface area contributed by atoms with E-state index in [4.69, 9.17) is 17.0 Å². The van der Waals surface area contributed by atoms with Crippen LogP contribution in [0.3, 0.4) is 0 Å². The molecule has 2 aromatic rings. The predicted octanol–water partition coefficient (Wildman–Crippen LogP) is 2.79. The molecule has 4 nitrogen and oxygen atoms in total. The number of carbonyl (C=O) groups is 1. The van der Waals surface area contributed by atoms with E-state index in [-0.39, 0.29) is 10.9 Å². The SMILES string of the molecule is COc1cccc(NC(=O)C(=S)NCCc2ccccc2)c1. The molecule has 2 aromatic carbocycles. The van der Waals surface area contributed by atoms with E-state index in [1.54, 1.807) is 25.3 Å². The zero-order chi connectivity index (χ0) is 15.8. The third kappa shape index (κ3) is 4.86. The summed E-state index contributed by atoms with van der Waals surface area (Å²) in [5, 5.41) is 5.71. The van der Waals surface area contributed by atoms with E-state index >= 15 is 0 Å². The first-order valence-corrected chi connectivity index (χ1v) is 7.37. The second-order valence-electron chi connectivity index (χ2n) is 4.68. The molecule has 0 aliphatic heterocycles. The molecule has 1 amide bonds. The number of methoxy groups -OCH3 is 1. The van der Waals surface area contributed by atoms with Crippen LogP contribution in [0.5, 0.6) is 5.75 Å². The summed E-state index contributed by atoms with van der Waals surface area (Å²) < 4.78 is 5.11. The number of carbonyl (C=O) groups excluding carboxylic acids is 1. The molecule has 0 saturated carbocycles. The Bertz CT molecular complexity index is 644. The van der Waals surface area contributed by atoms with Gasteiger partial charge in [0.1, 0.15) is 5.75 Å². The molecule has 0 aromatic heterocycles. The van der Waals surface area contributed by atoms with Gasteiger partial charge in [-0.1, -0.05) is 48.6 Å². The Morgan fingerprint density at radius 1 is 1.14 bits per heavy atom. The van der Waals surface area contributed by atoms with Crippen LogP contribution in [0.25, 0.3) is 0 Å². The predicted molar refractivity (Wildman–Crippen MR) is 92.4 cm³/mol. The van der Waals surface area contributed by atoms with E-state index in [1.165, 1.54) is 5.56 Å². The molecule has 0 atom stereocenters. The largest absolute Gasteiger partial charge is 0.497 e. The van der Waals surface area contributed by atoms with Crippen molar-refractivity contribution in [2.75, 3.05) is 19.0 Å². The van der Waals surface area contributed by atoms with Gasteiger partial charge in [0.2, 0.25) is 0 Å². The summed E-state index contributed by atoms with van der Waals surface area (Å²) in [6.45, 7) is 0.619. The Labute approximate surface area is 135 Å². The minimum absolute atomic E-state index is 0.179. The number of nitrogens with one attached hydrogen (secondary N) is 2. The van der Waals surface area contributed by atoms with Crippen molar-refractivity contribution < 1.29 is 9.53 Å². The van der Waals surface area contributed by atoms with Crippen LogP contribution < -0.4 is 15.4 Å². The van der Waals surface area contributed by atoms with Crippen molar-refractivity contribution >= 4 is 28.8 Å². The van der Waals surface area contributed by atoms with E-state index in [1.807, 2.05) is 36.4 Å². The summed E-state index contributed by atoms with van der Waals surface area (Å²) in [5.41, 5.74) is 1.85. The van der Waals surface area contributed by atoms with Gasteiger partial charge in [-0.05, 0) is 24.1 Å². The van der Waals surface area contributed by atoms with Gasteiger partial charge in [-0.2, -0.15) is 0 Å². The molecule has 2 N–H and O–H groups in total. The van der Waals surface area contributed by atoms with Crippen LogP contribution in [0.4, 0.5) is 5.69 Å². The summed E-state index contributed by atoms with van der Waals surface area (Å²) in [6, 6.07) is 17.2. The van der Waals surface area contributed by atoms with Crippen LogP contribution in [0.2, 0.25) is 0 Å². The molecule has 0 heterocycles. The number of thiocarbonyl (C=S) groups is 1. The summed E-state index contributed by atoms with van der Waals surface area (Å²) in [5.74, 6) is 0.358. The summed E-state index contributed by atoms with van der Waals surface area (Å²) in [7, 11) is 1.58. The van der Waals surface area contributed by atoms with Gasteiger partial charge in [-0.25, -0.2) is 0 Å². The van der Waals surface area contributed by atoms with Crippen LogP contribution in [0.15, 0.2) is 54.6 Å². The number of hydrogen-bond donors (Lipinski definition) is 2. The van der Waals surface area contributed by atoms with E-state index < -0.39 is 0 Å². The number of anilines is 1. The van der Waals surface area contributed by atoms with Crippen molar-refractivity contribution in [2.24, 2.45) is 0 Å². The highest BCUT2D eigenvalue weighted by molar-refractivity contribution is 7.82. The van der Waals surface area contributed by atoms with Crippen LogP contribution in [0, 0.1) is 0 Å². The Morgan fingerprint density at radius 2 is 1.91 bits per heavy atom.